The van der Waals surface area contributed by atoms with Crippen molar-refractivity contribution >= 4 is 33.3 Å². The van der Waals surface area contributed by atoms with E-state index in [1.165, 1.54) is 0 Å². The average molecular weight is 393 g/mol. The first-order valence-electron chi connectivity index (χ1n) is 5.47. The molecule has 0 aliphatic rings. The number of benzene rings is 2. The maximum atomic E-state index is 13.4. The molecule has 3 nitrogen and oxygen atoms in total. The van der Waals surface area contributed by atoms with E-state index in [1.54, 1.807) is 0 Å². The second-order valence-corrected chi connectivity index (χ2v) is 6.37. The number of hydrogen-bond donors (Lipinski definition) is 0. The summed E-state index contributed by atoms with van der Waals surface area (Å²) in [6.45, 7) is 0. The minimum absolute atomic E-state index is 0.0261. The molecule has 2 aromatic rings. The fraction of sp³-hybridized carbons (Fsp3) is 0. The summed E-state index contributed by atoms with van der Waals surface area (Å²) in [6, 6.07) is 2.69. The summed E-state index contributed by atoms with van der Waals surface area (Å²) < 4.78 is 93.6. The Labute approximate surface area is 136 Å². The lowest BCUT2D eigenvalue weighted by atomic mass is 10.3. The highest BCUT2D eigenvalue weighted by atomic mass is 35.5. The first-order chi connectivity index (χ1) is 10.6. The number of rotatable bonds is 3. The fourth-order valence-electron chi connectivity index (χ4n) is 1.45. The third-order valence-electron chi connectivity index (χ3n) is 2.54. The van der Waals surface area contributed by atoms with E-state index < -0.39 is 49.8 Å². The number of halogens is 7. The van der Waals surface area contributed by atoms with Crippen LogP contribution in [0.15, 0.2) is 23.1 Å². The highest BCUT2D eigenvalue weighted by Crippen LogP contribution is 2.32. The molecule has 0 aromatic heterocycles. The third kappa shape index (κ3) is 3.22. The van der Waals surface area contributed by atoms with Gasteiger partial charge in [0.2, 0.25) is 34.8 Å². The van der Waals surface area contributed by atoms with E-state index in [0.29, 0.717) is 0 Å². The van der Waals surface area contributed by atoms with Gasteiger partial charge in [0.05, 0.1) is 10.0 Å². The number of hydrogen-bond acceptors (Lipinski definition) is 3. The van der Waals surface area contributed by atoms with Gasteiger partial charge < -0.3 is 4.18 Å². The van der Waals surface area contributed by atoms with Crippen molar-refractivity contribution in [2.45, 2.75) is 4.90 Å². The van der Waals surface area contributed by atoms with Gasteiger partial charge in [0.15, 0.2) is 0 Å². The Balaban J connectivity index is 2.56. The summed E-state index contributed by atoms with van der Waals surface area (Å²) in [6.07, 6.45) is 0. The van der Waals surface area contributed by atoms with E-state index in [1.807, 2.05) is 0 Å². The zero-order valence-corrected chi connectivity index (χ0v) is 12.8. The molecule has 0 bridgehead atoms. The van der Waals surface area contributed by atoms with Crippen molar-refractivity contribution < 1.29 is 34.6 Å². The first-order valence-corrected chi connectivity index (χ1v) is 7.63. The molecule has 0 atom stereocenters. The predicted octanol–water partition coefficient (Wildman–Crippen LogP) is 4.46. The molecule has 23 heavy (non-hydrogen) atoms. The van der Waals surface area contributed by atoms with Gasteiger partial charge in [-0.05, 0) is 18.2 Å². The molecular weight excluding hydrogens is 390 g/mol. The summed E-state index contributed by atoms with van der Waals surface area (Å²) in [5, 5.41) is -0.254. The van der Waals surface area contributed by atoms with Crippen LogP contribution in [0.1, 0.15) is 0 Å². The Morgan fingerprint density at radius 2 is 1.26 bits per heavy atom. The normalized spacial score (nSPS) is 11.6. The smallest absolute Gasteiger partial charge is 0.339 e. The van der Waals surface area contributed by atoms with E-state index in [2.05, 4.69) is 4.18 Å². The van der Waals surface area contributed by atoms with Gasteiger partial charge in [-0.15, -0.1) is 0 Å². The molecule has 0 spiro atoms. The molecule has 0 unspecified atom stereocenters. The van der Waals surface area contributed by atoms with Crippen molar-refractivity contribution in [3.8, 4) is 5.75 Å². The Kier molecular flexibility index (Phi) is 4.74. The predicted molar refractivity (Wildman–Crippen MR) is 70.5 cm³/mol. The zero-order valence-electron chi connectivity index (χ0n) is 10.5. The summed E-state index contributed by atoms with van der Waals surface area (Å²) in [4.78, 5) is -0.698. The summed E-state index contributed by atoms with van der Waals surface area (Å²) in [5.74, 6) is -13.9. The standard InChI is InChI=1S/C12H3Cl2F5O3S/c13-5-2-1-4(3-6(5)14)23(20,21)22-12-10(18)8(16)7(15)9(17)11(12)19/h1-3H. The molecule has 0 aliphatic carbocycles. The van der Waals surface area contributed by atoms with Crippen LogP contribution in [0.5, 0.6) is 5.75 Å². The van der Waals surface area contributed by atoms with E-state index in [-0.39, 0.29) is 10.0 Å². The second kappa shape index (κ2) is 6.14. The highest BCUT2D eigenvalue weighted by molar-refractivity contribution is 7.87. The molecule has 0 aliphatic heterocycles. The first kappa shape index (κ1) is 17.8. The van der Waals surface area contributed by atoms with Gasteiger partial charge in [0.1, 0.15) is 4.90 Å². The average Bonchev–Trinajstić information content (AvgIpc) is 2.50. The quantitative estimate of drug-likeness (QED) is 0.335. The van der Waals surface area contributed by atoms with Crippen LogP contribution in [0.25, 0.3) is 0 Å². The molecule has 0 saturated heterocycles. The Morgan fingerprint density at radius 3 is 1.74 bits per heavy atom. The van der Waals surface area contributed by atoms with E-state index in [9.17, 15) is 30.4 Å². The van der Waals surface area contributed by atoms with Crippen LogP contribution in [-0.4, -0.2) is 8.42 Å². The van der Waals surface area contributed by atoms with Gasteiger partial charge in [-0.2, -0.15) is 17.2 Å². The van der Waals surface area contributed by atoms with Crippen LogP contribution in [0.2, 0.25) is 10.0 Å². The van der Waals surface area contributed by atoms with Crippen molar-refractivity contribution in [1.29, 1.82) is 0 Å². The van der Waals surface area contributed by atoms with Crippen LogP contribution in [0, 0.1) is 29.1 Å². The van der Waals surface area contributed by atoms with Crippen molar-refractivity contribution in [2.24, 2.45) is 0 Å². The van der Waals surface area contributed by atoms with Gasteiger partial charge in [0.25, 0.3) is 0 Å². The lowest BCUT2D eigenvalue weighted by Crippen LogP contribution is -2.14. The lowest BCUT2D eigenvalue weighted by molar-refractivity contribution is 0.346. The van der Waals surface area contributed by atoms with Gasteiger partial charge in [-0.3, -0.25) is 0 Å². The SMILES string of the molecule is O=S(=O)(Oc1c(F)c(F)c(F)c(F)c1F)c1ccc(Cl)c(Cl)c1. The van der Waals surface area contributed by atoms with Crippen LogP contribution < -0.4 is 4.18 Å². The molecule has 0 saturated carbocycles. The van der Waals surface area contributed by atoms with E-state index >= 15 is 0 Å². The van der Waals surface area contributed by atoms with Crippen molar-refractivity contribution in [3.05, 3.63) is 57.3 Å². The molecule has 0 fully saturated rings. The molecule has 2 aromatic carbocycles. The maximum Gasteiger partial charge on any atom is 0.339 e. The summed E-state index contributed by atoms with van der Waals surface area (Å²) in [5.41, 5.74) is 0. The van der Waals surface area contributed by atoms with Crippen LogP contribution in [-0.2, 0) is 10.1 Å². The van der Waals surface area contributed by atoms with Gasteiger partial charge in [-0.1, -0.05) is 23.2 Å². The fourth-order valence-corrected chi connectivity index (χ4v) is 2.77. The van der Waals surface area contributed by atoms with Crippen LogP contribution in [0.4, 0.5) is 22.0 Å². The second-order valence-electron chi connectivity index (χ2n) is 4.01. The van der Waals surface area contributed by atoms with E-state index in [0.717, 1.165) is 18.2 Å². The molecule has 0 N–H and O–H groups in total. The van der Waals surface area contributed by atoms with Crippen molar-refractivity contribution in [2.75, 3.05) is 0 Å². The van der Waals surface area contributed by atoms with E-state index in [4.69, 9.17) is 23.2 Å². The third-order valence-corrected chi connectivity index (χ3v) is 4.50. The minimum atomic E-state index is -4.92. The van der Waals surface area contributed by atoms with Crippen LogP contribution in [0.3, 0.4) is 0 Å². The summed E-state index contributed by atoms with van der Waals surface area (Å²) >= 11 is 11.2. The molecule has 2 rings (SSSR count). The monoisotopic (exact) mass is 392 g/mol. The molecular formula is C12H3Cl2F5O3S. The van der Waals surface area contributed by atoms with Crippen molar-refractivity contribution in [1.82, 2.24) is 0 Å². The lowest BCUT2D eigenvalue weighted by Gasteiger charge is -2.10. The van der Waals surface area contributed by atoms with Crippen molar-refractivity contribution in [3.63, 3.8) is 0 Å². The Hall–Kier alpha value is -1.58. The molecule has 0 heterocycles. The van der Waals surface area contributed by atoms with Gasteiger partial charge >= 0.3 is 10.1 Å². The topological polar surface area (TPSA) is 43.4 Å². The van der Waals surface area contributed by atoms with Gasteiger partial charge in [0, 0.05) is 0 Å². The highest BCUT2D eigenvalue weighted by Gasteiger charge is 2.31. The Bertz CT molecular complexity index is 873. The zero-order chi connectivity index (χ0) is 17.5. The minimum Gasteiger partial charge on any atom is -0.372 e. The van der Waals surface area contributed by atoms with Crippen LogP contribution >= 0.6 is 23.2 Å². The Morgan fingerprint density at radius 1 is 0.783 bits per heavy atom. The largest absolute Gasteiger partial charge is 0.372 e. The summed E-state index contributed by atoms with van der Waals surface area (Å²) in [7, 11) is -4.92. The molecule has 0 radical (unpaired) electrons. The molecule has 11 heteroatoms. The molecule has 0 amide bonds. The molecule has 124 valence electrons. The maximum absolute atomic E-state index is 13.4. The van der Waals surface area contributed by atoms with Gasteiger partial charge in [-0.25, -0.2) is 13.2 Å².